The topological polar surface area (TPSA) is 80.4 Å². The number of fused-ring (bicyclic) bond motifs is 3. The van der Waals surface area contributed by atoms with Crippen molar-refractivity contribution in [2.75, 3.05) is 0 Å². The molecule has 3 heterocycles. The van der Waals surface area contributed by atoms with E-state index in [2.05, 4.69) is 24.0 Å². The molecule has 2 atom stereocenters. The van der Waals surface area contributed by atoms with Gasteiger partial charge in [-0.1, -0.05) is 23.7 Å². The van der Waals surface area contributed by atoms with Crippen molar-refractivity contribution >= 4 is 34.6 Å². The summed E-state index contributed by atoms with van der Waals surface area (Å²) in [5.41, 5.74) is 3.77. The third-order valence-electron chi connectivity index (χ3n) is 5.17. The highest BCUT2D eigenvalue weighted by Gasteiger charge is 2.36. The number of carboxylic acid groups (broad SMARTS) is 1. The van der Waals surface area contributed by atoms with Crippen LogP contribution in [0.2, 0.25) is 5.02 Å². The summed E-state index contributed by atoms with van der Waals surface area (Å²) < 4.78 is 1.95. The summed E-state index contributed by atoms with van der Waals surface area (Å²) in [6.45, 7) is 7.67. The molecule has 2 aromatic heterocycles. The molecule has 1 aliphatic heterocycles. The molecule has 1 N–H and O–H groups in total. The zero-order valence-corrected chi connectivity index (χ0v) is 17.5. The molecule has 0 fully saturated rings. The number of nitrogens with zero attached hydrogens (tertiary/aromatic N) is 4. The smallest absolute Gasteiger partial charge is 0.308 e. The molecule has 0 amide bonds. The summed E-state index contributed by atoms with van der Waals surface area (Å²) in [7, 11) is 0. The van der Waals surface area contributed by atoms with E-state index in [9.17, 15) is 9.90 Å². The summed E-state index contributed by atoms with van der Waals surface area (Å²) in [6.07, 6.45) is 0. The van der Waals surface area contributed by atoms with Crippen molar-refractivity contribution in [3.05, 3.63) is 62.5 Å². The van der Waals surface area contributed by atoms with Crippen LogP contribution in [0, 0.1) is 26.7 Å². The Balaban J connectivity index is 2.06. The van der Waals surface area contributed by atoms with E-state index in [0.717, 1.165) is 27.4 Å². The van der Waals surface area contributed by atoms with Crippen LogP contribution in [0.15, 0.2) is 29.3 Å². The largest absolute Gasteiger partial charge is 0.481 e. The molecule has 28 heavy (non-hydrogen) atoms. The van der Waals surface area contributed by atoms with Crippen molar-refractivity contribution in [1.29, 1.82) is 0 Å². The first kappa shape index (κ1) is 18.8. The van der Waals surface area contributed by atoms with Crippen molar-refractivity contribution < 1.29 is 9.90 Å². The highest BCUT2D eigenvalue weighted by atomic mass is 35.5. The summed E-state index contributed by atoms with van der Waals surface area (Å²) in [6, 6.07) is 6.82. The van der Waals surface area contributed by atoms with Crippen LogP contribution in [-0.4, -0.2) is 31.6 Å². The minimum Gasteiger partial charge on any atom is -0.481 e. The maximum Gasteiger partial charge on any atom is 0.308 e. The highest BCUT2D eigenvalue weighted by Crippen LogP contribution is 2.40. The lowest BCUT2D eigenvalue weighted by atomic mass is 9.98. The third-order valence-corrected chi connectivity index (χ3v) is 6.61. The van der Waals surface area contributed by atoms with Gasteiger partial charge in [0.05, 0.1) is 11.6 Å². The Labute approximate surface area is 171 Å². The highest BCUT2D eigenvalue weighted by molar-refractivity contribution is 7.15. The molecule has 0 aliphatic carbocycles. The summed E-state index contributed by atoms with van der Waals surface area (Å²) in [5.74, 6) is -0.402. The minimum atomic E-state index is -0.922. The van der Waals surface area contributed by atoms with E-state index in [1.165, 1.54) is 4.88 Å². The predicted octanol–water partition coefficient (Wildman–Crippen LogP) is 4.52. The Morgan fingerprint density at radius 1 is 1.21 bits per heavy atom. The molecule has 8 heteroatoms. The van der Waals surface area contributed by atoms with Gasteiger partial charge in [-0.15, -0.1) is 21.5 Å². The lowest BCUT2D eigenvalue weighted by Gasteiger charge is -2.16. The Bertz CT molecular complexity index is 1110. The Morgan fingerprint density at radius 2 is 1.89 bits per heavy atom. The van der Waals surface area contributed by atoms with E-state index in [0.29, 0.717) is 16.7 Å². The molecule has 0 bridgehead atoms. The second kappa shape index (κ2) is 6.83. The van der Waals surface area contributed by atoms with Gasteiger partial charge in [0.2, 0.25) is 0 Å². The average molecular weight is 415 g/mol. The van der Waals surface area contributed by atoms with Gasteiger partial charge in [0, 0.05) is 21.0 Å². The molecule has 0 saturated heterocycles. The Hall–Kier alpha value is -2.51. The summed E-state index contributed by atoms with van der Waals surface area (Å²) in [5, 5.41) is 19.8. The van der Waals surface area contributed by atoms with Gasteiger partial charge < -0.3 is 5.11 Å². The number of aliphatic imine (C=N–C) groups is 1. The van der Waals surface area contributed by atoms with E-state index >= 15 is 0 Å². The van der Waals surface area contributed by atoms with E-state index in [1.54, 1.807) is 18.3 Å². The van der Waals surface area contributed by atoms with E-state index in [1.807, 2.05) is 35.8 Å². The maximum absolute atomic E-state index is 11.8. The molecular formula is C20H19ClN4O2S. The molecule has 3 aromatic rings. The summed E-state index contributed by atoms with van der Waals surface area (Å²) >= 11 is 7.72. The third kappa shape index (κ3) is 2.86. The van der Waals surface area contributed by atoms with Crippen molar-refractivity contribution in [2.45, 2.75) is 33.7 Å². The number of aromatic nitrogens is 3. The lowest BCUT2D eigenvalue weighted by molar-refractivity contribution is -0.141. The number of halogens is 1. The van der Waals surface area contributed by atoms with Crippen LogP contribution in [0.3, 0.4) is 0 Å². The maximum atomic E-state index is 11.8. The van der Waals surface area contributed by atoms with Gasteiger partial charge in [-0.2, -0.15) is 0 Å². The second-order valence-electron chi connectivity index (χ2n) is 6.96. The monoisotopic (exact) mass is 414 g/mol. The zero-order valence-electron chi connectivity index (χ0n) is 15.9. The molecule has 0 radical (unpaired) electrons. The van der Waals surface area contributed by atoms with Crippen LogP contribution < -0.4 is 0 Å². The predicted molar refractivity (Wildman–Crippen MR) is 110 cm³/mol. The van der Waals surface area contributed by atoms with E-state index < -0.39 is 17.9 Å². The second-order valence-corrected chi connectivity index (χ2v) is 8.60. The SMILES string of the molecule is Cc1sc2c(c1C)C(c1ccc(Cl)cc1)=N[C@@H]([C@@H](C)C(=O)O)c1nnc(C)n1-2. The van der Waals surface area contributed by atoms with Crippen LogP contribution in [0.1, 0.15) is 46.2 Å². The Morgan fingerprint density at radius 3 is 2.54 bits per heavy atom. The fraction of sp³-hybridized carbons (Fsp3) is 0.300. The first-order valence-electron chi connectivity index (χ1n) is 8.88. The first-order valence-corrected chi connectivity index (χ1v) is 10.1. The van der Waals surface area contributed by atoms with E-state index in [4.69, 9.17) is 16.6 Å². The first-order chi connectivity index (χ1) is 13.3. The normalized spacial score (nSPS) is 16.8. The van der Waals surface area contributed by atoms with Crippen molar-refractivity contribution in [1.82, 2.24) is 14.8 Å². The van der Waals surface area contributed by atoms with Gasteiger partial charge in [0.15, 0.2) is 5.82 Å². The van der Waals surface area contributed by atoms with Gasteiger partial charge in [-0.05, 0) is 45.4 Å². The van der Waals surface area contributed by atoms with E-state index in [-0.39, 0.29) is 0 Å². The molecule has 1 aromatic carbocycles. The molecular weight excluding hydrogens is 396 g/mol. The number of benzene rings is 1. The fourth-order valence-electron chi connectivity index (χ4n) is 3.43. The molecule has 0 spiro atoms. The van der Waals surface area contributed by atoms with Gasteiger partial charge >= 0.3 is 5.97 Å². The average Bonchev–Trinajstić information content (AvgIpc) is 3.12. The van der Waals surface area contributed by atoms with Crippen molar-refractivity contribution in [2.24, 2.45) is 10.9 Å². The number of hydrogen-bond acceptors (Lipinski definition) is 5. The van der Waals surface area contributed by atoms with Crippen LogP contribution in [-0.2, 0) is 4.79 Å². The van der Waals surface area contributed by atoms with Crippen molar-refractivity contribution in [3.63, 3.8) is 0 Å². The van der Waals surface area contributed by atoms with Gasteiger partial charge in [0.25, 0.3) is 0 Å². The molecule has 144 valence electrons. The molecule has 0 unspecified atom stereocenters. The van der Waals surface area contributed by atoms with Crippen LogP contribution in [0.25, 0.3) is 5.00 Å². The van der Waals surface area contributed by atoms with Gasteiger partial charge in [-0.3, -0.25) is 14.4 Å². The number of aliphatic carboxylic acids is 1. The number of carboxylic acids is 1. The quantitative estimate of drug-likeness (QED) is 0.683. The van der Waals surface area contributed by atoms with Gasteiger partial charge in [-0.25, -0.2) is 0 Å². The molecule has 0 saturated carbocycles. The lowest BCUT2D eigenvalue weighted by Crippen LogP contribution is -2.21. The molecule has 6 nitrogen and oxygen atoms in total. The molecule has 4 rings (SSSR count). The summed E-state index contributed by atoms with van der Waals surface area (Å²) in [4.78, 5) is 17.9. The number of thiophene rings is 1. The zero-order chi connectivity index (χ0) is 20.2. The van der Waals surface area contributed by atoms with Crippen molar-refractivity contribution in [3.8, 4) is 5.00 Å². The number of rotatable bonds is 3. The number of aryl methyl sites for hydroxylation is 2. The molecule has 1 aliphatic rings. The number of carbonyl (C=O) groups is 1. The van der Waals surface area contributed by atoms with Crippen LogP contribution in [0.5, 0.6) is 0 Å². The minimum absolute atomic E-state index is 0.555. The standard InChI is InChI=1S/C20H19ClN4O2S/c1-9-11(3)28-19-15(9)17(13-5-7-14(21)8-6-13)22-16(10(2)20(26)27)18-24-23-12(4)25(18)19/h5-8,10,16H,1-4H3,(H,26,27)/t10-,16+/m1/s1. The van der Waals surface area contributed by atoms with Crippen LogP contribution in [0.4, 0.5) is 0 Å². The van der Waals surface area contributed by atoms with Crippen LogP contribution >= 0.6 is 22.9 Å². The number of hydrogen-bond donors (Lipinski definition) is 1. The Kier molecular flexibility index (Phi) is 4.59. The van der Waals surface area contributed by atoms with Gasteiger partial charge in [0.1, 0.15) is 16.9 Å². The fourth-order valence-corrected chi connectivity index (χ4v) is 4.76.